The summed E-state index contributed by atoms with van der Waals surface area (Å²) in [5, 5.41) is 1.10. The SMILES string of the molecule is Clc1ccc(-c2nc3c(s2)CCc2ccccc2-3)s1. The second-order valence-electron chi connectivity index (χ2n) is 4.55. The van der Waals surface area contributed by atoms with Crippen molar-refractivity contribution < 1.29 is 0 Å². The van der Waals surface area contributed by atoms with Gasteiger partial charge in [-0.15, -0.1) is 22.7 Å². The van der Waals surface area contributed by atoms with Crippen LogP contribution in [0.15, 0.2) is 36.4 Å². The fourth-order valence-electron chi connectivity index (χ4n) is 2.48. The van der Waals surface area contributed by atoms with Crippen molar-refractivity contribution in [2.45, 2.75) is 12.8 Å². The first kappa shape index (κ1) is 11.6. The first-order valence-electron chi connectivity index (χ1n) is 6.15. The number of aryl methyl sites for hydroxylation is 2. The first-order chi connectivity index (χ1) is 9.31. The number of rotatable bonds is 1. The molecule has 0 radical (unpaired) electrons. The molecule has 0 bridgehead atoms. The van der Waals surface area contributed by atoms with Gasteiger partial charge in [0.2, 0.25) is 0 Å². The van der Waals surface area contributed by atoms with Crippen LogP contribution in [0.4, 0.5) is 0 Å². The fraction of sp³-hybridized carbons (Fsp3) is 0.133. The zero-order chi connectivity index (χ0) is 12.8. The standard InChI is InChI=1S/C15H10ClNS2/c16-13-8-7-12(18-13)15-17-14-10-4-2-1-3-9(10)5-6-11(14)19-15/h1-4,7-8H,5-6H2. The van der Waals surface area contributed by atoms with Gasteiger partial charge in [-0.05, 0) is 30.5 Å². The summed E-state index contributed by atoms with van der Waals surface area (Å²) in [6.07, 6.45) is 2.22. The molecule has 2 heterocycles. The lowest BCUT2D eigenvalue weighted by molar-refractivity contribution is 0.955. The molecule has 4 heteroatoms. The minimum atomic E-state index is 0.823. The molecule has 1 aromatic carbocycles. The maximum atomic E-state index is 6.01. The topological polar surface area (TPSA) is 12.9 Å². The van der Waals surface area contributed by atoms with Crippen molar-refractivity contribution in [3.8, 4) is 21.1 Å². The Hall–Kier alpha value is -1.16. The Labute approximate surface area is 124 Å². The molecule has 19 heavy (non-hydrogen) atoms. The smallest absolute Gasteiger partial charge is 0.134 e. The van der Waals surface area contributed by atoms with E-state index in [0.717, 1.165) is 22.2 Å². The molecule has 1 aliphatic carbocycles. The number of hydrogen-bond acceptors (Lipinski definition) is 3. The van der Waals surface area contributed by atoms with Gasteiger partial charge < -0.3 is 0 Å². The van der Waals surface area contributed by atoms with Crippen molar-refractivity contribution >= 4 is 34.3 Å². The van der Waals surface area contributed by atoms with E-state index < -0.39 is 0 Å². The quantitative estimate of drug-likeness (QED) is 0.595. The van der Waals surface area contributed by atoms with E-state index in [1.165, 1.54) is 26.6 Å². The molecular formula is C15H10ClNS2. The average molecular weight is 304 g/mol. The minimum absolute atomic E-state index is 0.823. The number of fused-ring (bicyclic) bond motifs is 3. The van der Waals surface area contributed by atoms with Crippen LogP contribution in [0.2, 0.25) is 4.34 Å². The van der Waals surface area contributed by atoms with Gasteiger partial charge in [-0.1, -0.05) is 35.9 Å². The summed E-state index contributed by atoms with van der Waals surface area (Å²) in [5.74, 6) is 0. The molecule has 0 atom stereocenters. The zero-order valence-corrected chi connectivity index (χ0v) is 12.4. The Kier molecular flexibility index (Phi) is 2.72. The Bertz CT molecular complexity index is 757. The van der Waals surface area contributed by atoms with E-state index in [0.29, 0.717) is 0 Å². The number of thiazole rings is 1. The van der Waals surface area contributed by atoms with Crippen LogP contribution in [0.5, 0.6) is 0 Å². The highest BCUT2D eigenvalue weighted by Crippen LogP contribution is 2.41. The molecular weight excluding hydrogens is 294 g/mol. The summed E-state index contributed by atoms with van der Waals surface area (Å²) in [5.41, 5.74) is 3.89. The molecule has 0 unspecified atom stereocenters. The summed E-state index contributed by atoms with van der Waals surface area (Å²) in [7, 11) is 0. The van der Waals surface area contributed by atoms with Gasteiger partial charge in [-0.2, -0.15) is 0 Å². The van der Waals surface area contributed by atoms with Crippen LogP contribution in [0.1, 0.15) is 10.4 Å². The van der Waals surface area contributed by atoms with Gasteiger partial charge in [0.15, 0.2) is 0 Å². The molecule has 0 aliphatic heterocycles. The van der Waals surface area contributed by atoms with Crippen molar-refractivity contribution in [3.05, 3.63) is 51.2 Å². The lowest BCUT2D eigenvalue weighted by Gasteiger charge is -2.13. The van der Waals surface area contributed by atoms with Crippen molar-refractivity contribution in [1.82, 2.24) is 4.98 Å². The lowest BCUT2D eigenvalue weighted by Crippen LogP contribution is -2.01. The summed E-state index contributed by atoms with van der Waals surface area (Å²) < 4.78 is 0.823. The molecule has 94 valence electrons. The predicted octanol–water partition coefficient (Wildman–Crippen LogP) is 5.29. The second-order valence-corrected chi connectivity index (χ2v) is 7.35. The third-order valence-electron chi connectivity index (χ3n) is 3.38. The monoisotopic (exact) mass is 303 g/mol. The summed E-state index contributed by atoms with van der Waals surface area (Å²) in [6, 6.07) is 12.6. The summed E-state index contributed by atoms with van der Waals surface area (Å²) in [4.78, 5) is 7.42. The largest absolute Gasteiger partial charge is 0.235 e. The molecule has 2 aromatic heterocycles. The van der Waals surface area contributed by atoms with Crippen molar-refractivity contribution in [2.24, 2.45) is 0 Å². The number of hydrogen-bond donors (Lipinski definition) is 0. The zero-order valence-electron chi connectivity index (χ0n) is 10.0. The van der Waals surface area contributed by atoms with Crippen LogP contribution in [0.25, 0.3) is 21.1 Å². The third kappa shape index (κ3) is 1.93. The van der Waals surface area contributed by atoms with E-state index in [-0.39, 0.29) is 0 Å². The molecule has 0 fully saturated rings. The van der Waals surface area contributed by atoms with Gasteiger partial charge in [0.05, 0.1) is 14.9 Å². The van der Waals surface area contributed by atoms with E-state index >= 15 is 0 Å². The predicted molar refractivity (Wildman–Crippen MR) is 83.3 cm³/mol. The van der Waals surface area contributed by atoms with Gasteiger partial charge in [0.1, 0.15) is 5.01 Å². The van der Waals surface area contributed by atoms with Crippen molar-refractivity contribution in [3.63, 3.8) is 0 Å². The molecule has 4 rings (SSSR count). The highest BCUT2D eigenvalue weighted by atomic mass is 35.5. The average Bonchev–Trinajstić information content (AvgIpc) is 3.04. The number of benzene rings is 1. The van der Waals surface area contributed by atoms with Gasteiger partial charge >= 0.3 is 0 Å². The second kappa shape index (κ2) is 4.44. The maximum Gasteiger partial charge on any atom is 0.134 e. The third-order valence-corrected chi connectivity index (χ3v) is 5.89. The normalized spacial score (nSPS) is 13.1. The van der Waals surface area contributed by atoms with Crippen LogP contribution >= 0.6 is 34.3 Å². The molecule has 3 aromatic rings. The molecule has 0 amide bonds. The van der Waals surface area contributed by atoms with E-state index in [9.17, 15) is 0 Å². The van der Waals surface area contributed by atoms with Crippen molar-refractivity contribution in [2.75, 3.05) is 0 Å². The van der Waals surface area contributed by atoms with E-state index in [4.69, 9.17) is 16.6 Å². The van der Waals surface area contributed by atoms with Crippen molar-refractivity contribution in [1.29, 1.82) is 0 Å². The number of nitrogens with zero attached hydrogens (tertiary/aromatic N) is 1. The van der Waals surface area contributed by atoms with E-state index in [2.05, 4.69) is 30.3 Å². The number of halogens is 1. The molecule has 1 aliphatic rings. The highest BCUT2D eigenvalue weighted by molar-refractivity contribution is 7.24. The Balaban J connectivity index is 1.87. The maximum absolute atomic E-state index is 6.01. The Morgan fingerprint density at radius 3 is 2.74 bits per heavy atom. The molecule has 0 saturated carbocycles. The number of thiophene rings is 1. The van der Waals surface area contributed by atoms with Crippen LogP contribution in [0.3, 0.4) is 0 Å². The molecule has 0 N–H and O–H groups in total. The number of aromatic nitrogens is 1. The van der Waals surface area contributed by atoms with Crippen LogP contribution in [-0.4, -0.2) is 4.98 Å². The van der Waals surface area contributed by atoms with Gasteiger partial charge in [-0.3, -0.25) is 0 Å². The van der Waals surface area contributed by atoms with Gasteiger partial charge in [0, 0.05) is 10.4 Å². The van der Waals surface area contributed by atoms with Gasteiger partial charge in [-0.25, -0.2) is 4.98 Å². The van der Waals surface area contributed by atoms with Gasteiger partial charge in [0.25, 0.3) is 0 Å². The first-order valence-corrected chi connectivity index (χ1v) is 8.16. The van der Waals surface area contributed by atoms with E-state index in [1.54, 1.807) is 22.7 Å². The minimum Gasteiger partial charge on any atom is -0.235 e. The molecule has 0 saturated heterocycles. The molecule has 0 spiro atoms. The molecule has 1 nitrogen and oxygen atoms in total. The van der Waals surface area contributed by atoms with E-state index in [1.807, 2.05) is 6.07 Å². The van der Waals surface area contributed by atoms with Crippen LogP contribution < -0.4 is 0 Å². The summed E-state index contributed by atoms with van der Waals surface area (Å²) in [6.45, 7) is 0. The lowest BCUT2D eigenvalue weighted by atomic mass is 9.94. The Morgan fingerprint density at radius 2 is 1.89 bits per heavy atom. The summed E-state index contributed by atoms with van der Waals surface area (Å²) >= 11 is 9.42. The Morgan fingerprint density at radius 1 is 1.00 bits per heavy atom. The van der Waals surface area contributed by atoms with Crippen LogP contribution in [-0.2, 0) is 12.8 Å². The van der Waals surface area contributed by atoms with Crippen LogP contribution in [0, 0.1) is 0 Å². The highest BCUT2D eigenvalue weighted by Gasteiger charge is 2.21. The fourth-order valence-corrected chi connectivity index (χ4v) is 4.66.